The second-order valence-electron chi connectivity index (χ2n) is 6.69. The van der Waals surface area contributed by atoms with Crippen molar-refractivity contribution in [1.82, 2.24) is 9.55 Å². The normalized spacial score (nSPS) is 13.5. The topological polar surface area (TPSA) is 17.8 Å². The number of nitrogens with zero attached hydrogens (tertiary/aromatic N) is 2. The van der Waals surface area contributed by atoms with E-state index < -0.39 is 0 Å². The van der Waals surface area contributed by atoms with Gasteiger partial charge in [-0.05, 0) is 56.0 Å². The van der Waals surface area contributed by atoms with E-state index in [1.54, 1.807) is 0 Å². The maximum atomic E-state index is 6.32. The monoisotopic (exact) mass is 404 g/mol. The Bertz CT molecular complexity index is 821. The quantitative estimate of drug-likeness (QED) is 0.385. The fourth-order valence-corrected chi connectivity index (χ4v) is 4.90. The molecule has 136 valence electrons. The van der Waals surface area contributed by atoms with E-state index in [9.17, 15) is 0 Å². The molecule has 0 saturated carbocycles. The molecule has 26 heavy (non-hydrogen) atoms. The second kappa shape index (κ2) is 8.98. The van der Waals surface area contributed by atoms with Crippen molar-refractivity contribution >= 4 is 35.0 Å². The van der Waals surface area contributed by atoms with Crippen molar-refractivity contribution in [3.05, 3.63) is 82.9 Å². The molecule has 1 heterocycles. The van der Waals surface area contributed by atoms with Crippen molar-refractivity contribution < 1.29 is 0 Å². The van der Waals surface area contributed by atoms with E-state index in [-0.39, 0.29) is 4.75 Å². The third-order valence-electron chi connectivity index (χ3n) is 4.35. The molecule has 0 N–H and O–H groups in total. The predicted molar refractivity (Wildman–Crippen MR) is 112 cm³/mol. The summed E-state index contributed by atoms with van der Waals surface area (Å²) < 4.78 is 2.23. The third kappa shape index (κ3) is 5.54. The molecular formula is C21H22Cl2N2S. The lowest BCUT2D eigenvalue weighted by Crippen LogP contribution is -2.26. The van der Waals surface area contributed by atoms with Crippen molar-refractivity contribution in [2.24, 2.45) is 0 Å². The van der Waals surface area contributed by atoms with Crippen molar-refractivity contribution in [1.29, 1.82) is 0 Å². The Balaban J connectivity index is 1.68. The first-order valence-electron chi connectivity index (χ1n) is 8.68. The van der Waals surface area contributed by atoms with Crippen LogP contribution in [0.15, 0.2) is 72.1 Å². The molecule has 5 heteroatoms. The molecule has 0 spiro atoms. The molecule has 0 radical (unpaired) electrons. The van der Waals surface area contributed by atoms with Gasteiger partial charge < -0.3 is 4.57 Å². The molecule has 1 aromatic heterocycles. The molecular weight excluding hydrogens is 383 g/mol. The molecule has 0 amide bonds. The SMILES string of the molecule is CC(CCCc1ccc(Cl)cc1Cl)(Cn1ccnc1)Sc1ccccc1. The van der Waals surface area contributed by atoms with Gasteiger partial charge in [-0.25, -0.2) is 4.98 Å². The second-order valence-corrected chi connectivity index (χ2v) is 9.19. The van der Waals surface area contributed by atoms with Gasteiger partial charge in [0.2, 0.25) is 0 Å². The summed E-state index contributed by atoms with van der Waals surface area (Å²) in [6, 6.07) is 16.3. The van der Waals surface area contributed by atoms with Gasteiger partial charge in [-0.3, -0.25) is 0 Å². The lowest BCUT2D eigenvalue weighted by Gasteiger charge is -2.29. The van der Waals surface area contributed by atoms with Gasteiger partial charge in [0.15, 0.2) is 0 Å². The Morgan fingerprint density at radius 1 is 1.12 bits per heavy atom. The Hall–Kier alpha value is -1.42. The summed E-state index contributed by atoms with van der Waals surface area (Å²) in [4.78, 5) is 5.48. The standard InChI is InChI=1S/C21H22Cl2N2S/c1-21(15-25-13-12-24-16-25,26-19-7-3-2-4-8-19)11-5-6-17-9-10-18(22)14-20(17)23/h2-4,7-10,12-14,16H,5-6,11,15H2,1H3. The zero-order valence-corrected chi connectivity index (χ0v) is 17.1. The molecule has 0 saturated heterocycles. The van der Waals surface area contributed by atoms with E-state index in [4.69, 9.17) is 23.2 Å². The highest BCUT2D eigenvalue weighted by Crippen LogP contribution is 2.38. The number of hydrogen-bond acceptors (Lipinski definition) is 2. The van der Waals surface area contributed by atoms with Gasteiger partial charge in [0.25, 0.3) is 0 Å². The summed E-state index contributed by atoms with van der Waals surface area (Å²) in [5.41, 5.74) is 1.16. The number of hydrogen-bond donors (Lipinski definition) is 0. The predicted octanol–water partition coefficient (Wildman–Crippen LogP) is 6.76. The lowest BCUT2D eigenvalue weighted by molar-refractivity contribution is 0.480. The number of aromatic nitrogens is 2. The average molecular weight is 405 g/mol. The van der Waals surface area contributed by atoms with Crippen molar-refractivity contribution in [3.8, 4) is 0 Å². The molecule has 1 atom stereocenters. The van der Waals surface area contributed by atoms with Crippen LogP contribution in [0.3, 0.4) is 0 Å². The fourth-order valence-electron chi connectivity index (χ4n) is 3.08. The van der Waals surface area contributed by atoms with E-state index in [0.717, 1.165) is 36.4 Å². The van der Waals surface area contributed by atoms with Gasteiger partial charge in [-0.15, -0.1) is 11.8 Å². The molecule has 0 fully saturated rings. The summed E-state index contributed by atoms with van der Waals surface area (Å²) in [6.07, 6.45) is 8.84. The van der Waals surface area contributed by atoms with Crippen LogP contribution in [-0.4, -0.2) is 14.3 Å². The van der Waals surface area contributed by atoms with Crippen LogP contribution in [0.5, 0.6) is 0 Å². The van der Waals surface area contributed by atoms with Crippen LogP contribution in [0.25, 0.3) is 0 Å². The van der Waals surface area contributed by atoms with Gasteiger partial charge in [0.05, 0.1) is 6.33 Å². The van der Waals surface area contributed by atoms with E-state index in [1.165, 1.54) is 4.90 Å². The first-order valence-corrected chi connectivity index (χ1v) is 10.3. The fraction of sp³-hybridized carbons (Fsp3) is 0.286. The number of thioether (sulfide) groups is 1. The molecule has 0 aliphatic rings. The third-order valence-corrected chi connectivity index (χ3v) is 6.27. The molecule has 3 aromatic rings. The van der Waals surface area contributed by atoms with Crippen LogP contribution in [0, 0.1) is 0 Å². The molecule has 0 aliphatic carbocycles. The van der Waals surface area contributed by atoms with Gasteiger partial charge in [0, 0.05) is 38.6 Å². The molecule has 0 aliphatic heterocycles. The van der Waals surface area contributed by atoms with Crippen LogP contribution < -0.4 is 0 Å². The van der Waals surface area contributed by atoms with E-state index >= 15 is 0 Å². The van der Waals surface area contributed by atoms with Crippen LogP contribution in [-0.2, 0) is 13.0 Å². The maximum Gasteiger partial charge on any atom is 0.0946 e. The number of aryl methyl sites for hydroxylation is 1. The highest BCUT2D eigenvalue weighted by Gasteiger charge is 2.26. The minimum Gasteiger partial charge on any atom is -0.336 e. The zero-order chi connectivity index (χ0) is 18.4. The van der Waals surface area contributed by atoms with Gasteiger partial charge in [-0.1, -0.05) is 47.5 Å². The van der Waals surface area contributed by atoms with Crippen molar-refractivity contribution in [2.75, 3.05) is 0 Å². The van der Waals surface area contributed by atoms with Crippen LogP contribution in [0.4, 0.5) is 0 Å². The largest absolute Gasteiger partial charge is 0.336 e. The van der Waals surface area contributed by atoms with Crippen molar-refractivity contribution in [3.63, 3.8) is 0 Å². The summed E-state index contributed by atoms with van der Waals surface area (Å²) in [5.74, 6) is 0. The van der Waals surface area contributed by atoms with Crippen LogP contribution in [0.1, 0.15) is 25.3 Å². The van der Waals surface area contributed by atoms with Gasteiger partial charge in [0.1, 0.15) is 0 Å². The minimum atomic E-state index is 0.0704. The molecule has 2 nitrogen and oxygen atoms in total. The summed E-state index contributed by atoms with van der Waals surface area (Å²) in [5, 5.41) is 1.44. The lowest BCUT2D eigenvalue weighted by atomic mass is 10.00. The Morgan fingerprint density at radius 3 is 2.62 bits per heavy atom. The van der Waals surface area contributed by atoms with Crippen molar-refractivity contribution in [2.45, 2.75) is 42.4 Å². The first kappa shape index (κ1) is 19.3. The number of imidazole rings is 1. The number of rotatable bonds is 8. The summed E-state index contributed by atoms with van der Waals surface area (Å²) >= 11 is 14.2. The Kier molecular flexibility index (Phi) is 6.68. The van der Waals surface area contributed by atoms with E-state index in [0.29, 0.717) is 5.02 Å². The zero-order valence-electron chi connectivity index (χ0n) is 14.7. The number of benzene rings is 2. The molecule has 1 unspecified atom stereocenters. The summed E-state index contributed by atoms with van der Waals surface area (Å²) in [6.45, 7) is 3.25. The van der Waals surface area contributed by atoms with Gasteiger partial charge >= 0.3 is 0 Å². The summed E-state index contributed by atoms with van der Waals surface area (Å²) in [7, 11) is 0. The minimum absolute atomic E-state index is 0.0704. The smallest absolute Gasteiger partial charge is 0.0946 e. The Labute approximate surface area is 169 Å². The number of halogens is 2. The maximum absolute atomic E-state index is 6.32. The molecule has 0 bridgehead atoms. The molecule has 2 aromatic carbocycles. The first-order chi connectivity index (χ1) is 12.5. The highest BCUT2D eigenvalue weighted by atomic mass is 35.5. The van der Waals surface area contributed by atoms with E-state index in [2.05, 4.69) is 46.8 Å². The molecule has 3 rings (SSSR count). The van der Waals surface area contributed by atoms with E-state index in [1.807, 2.05) is 48.7 Å². The van der Waals surface area contributed by atoms with Crippen LogP contribution in [0.2, 0.25) is 10.0 Å². The highest BCUT2D eigenvalue weighted by molar-refractivity contribution is 8.00. The van der Waals surface area contributed by atoms with Gasteiger partial charge in [-0.2, -0.15) is 0 Å². The Morgan fingerprint density at radius 2 is 1.92 bits per heavy atom. The van der Waals surface area contributed by atoms with Crippen LogP contribution >= 0.6 is 35.0 Å². The average Bonchev–Trinajstić information content (AvgIpc) is 3.10.